The molecule has 0 N–H and O–H groups in total. The van der Waals surface area contributed by atoms with E-state index < -0.39 is 0 Å². The predicted molar refractivity (Wildman–Crippen MR) is 203 cm³/mol. The fourth-order valence-corrected chi connectivity index (χ4v) is 8.59. The summed E-state index contributed by atoms with van der Waals surface area (Å²) in [5, 5.41) is 3.56. The number of thiophene rings is 1. The third-order valence-electron chi connectivity index (χ3n) is 8.70. The molecule has 2 nitrogen and oxygen atoms in total. The van der Waals surface area contributed by atoms with Crippen LogP contribution in [0.1, 0.15) is 0 Å². The third-order valence-corrected chi connectivity index (χ3v) is 10.9. The van der Waals surface area contributed by atoms with Crippen molar-refractivity contribution < 1.29 is 0 Å². The maximum atomic E-state index is 5.06. The van der Waals surface area contributed by atoms with Gasteiger partial charge in [0.1, 0.15) is 5.01 Å². The van der Waals surface area contributed by atoms with Crippen molar-refractivity contribution in [1.82, 2.24) is 4.98 Å². The molecule has 0 bridgehead atoms. The smallest absolute Gasteiger partial charge is 0.124 e. The number of benzene rings is 7. The van der Waals surface area contributed by atoms with E-state index in [4.69, 9.17) is 4.98 Å². The van der Waals surface area contributed by atoms with Crippen LogP contribution >= 0.6 is 22.7 Å². The van der Waals surface area contributed by atoms with Crippen LogP contribution in [0.15, 0.2) is 170 Å². The molecule has 0 amide bonds. The lowest BCUT2D eigenvalue weighted by Crippen LogP contribution is -2.11. The quantitative estimate of drug-likeness (QED) is 0.181. The average molecular weight is 637 g/mol. The molecular weight excluding hydrogens is 609 g/mol. The van der Waals surface area contributed by atoms with Crippen molar-refractivity contribution in [3.8, 4) is 32.8 Å². The Morgan fingerprint density at radius 3 is 1.74 bits per heavy atom. The minimum absolute atomic E-state index is 1.05. The van der Waals surface area contributed by atoms with Crippen molar-refractivity contribution in [3.63, 3.8) is 0 Å². The molecule has 2 aromatic heterocycles. The first kappa shape index (κ1) is 27.7. The van der Waals surface area contributed by atoms with E-state index >= 15 is 0 Å². The minimum Gasteiger partial charge on any atom is -0.310 e. The van der Waals surface area contributed by atoms with Gasteiger partial charge in [-0.3, -0.25) is 0 Å². The molecule has 7 aromatic carbocycles. The van der Waals surface area contributed by atoms with Gasteiger partial charge in [0, 0.05) is 42.7 Å². The summed E-state index contributed by atoms with van der Waals surface area (Å²) in [6.45, 7) is 0. The Morgan fingerprint density at radius 2 is 1.00 bits per heavy atom. The van der Waals surface area contributed by atoms with Gasteiger partial charge in [0.05, 0.1) is 15.9 Å². The highest BCUT2D eigenvalue weighted by Crippen LogP contribution is 2.45. The van der Waals surface area contributed by atoms with Gasteiger partial charge in [-0.2, -0.15) is 0 Å². The number of anilines is 3. The fourth-order valence-electron chi connectivity index (χ4n) is 6.42. The van der Waals surface area contributed by atoms with Crippen molar-refractivity contribution in [2.24, 2.45) is 0 Å². The van der Waals surface area contributed by atoms with Gasteiger partial charge in [-0.1, -0.05) is 121 Å². The largest absolute Gasteiger partial charge is 0.310 e. The fraction of sp³-hybridized carbons (Fsp3) is 0. The summed E-state index contributed by atoms with van der Waals surface area (Å²) in [5.74, 6) is 0. The molecule has 0 saturated heterocycles. The van der Waals surface area contributed by atoms with Crippen LogP contribution in [0.2, 0.25) is 0 Å². The number of rotatable bonds is 6. The monoisotopic (exact) mass is 636 g/mol. The van der Waals surface area contributed by atoms with Gasteiger partial charge in [0.15, 0.2) is 0 Å². The molecule has 9 aromatic rings. The van der Waals surface area contributed by atoms with E-state index in [1.54, 1.807) is 11.3 Å². The Bertz CT molecular complexity index is 2500. The molecule has 0 unspecified atom stereocenters. The second-order valence-corrected chi connectivity index (χ2v) is 13.7. The van der Waals surface area contributed by atoms with E-state index in [2.05, 4.69) is 175 Å². The standard InChI is InChI=1S/C43H28N2S2/c1-4-12-29(13-5-1)30-20-22-33(23-21-30)45(39-19-11-10-18-35(39)31-14-6-2-7-15-31)34-24-25-40-36(26-34)37-27-38-42(28-41(37)46-40)47-43(44-38)32-16-8-3-9-17-32/h1-28H. The number of hydrogen-bond acceptors (Lipinski definition) is 4. The Balaban J connectivity index is 1.21. The number of fused-ring (bicyclic) bond motifs is 4. The number of para-hydroxylation sites is 1. The van der Waals surface area contributed by atoms with Crippen LogP contribution in [0, 0.1) is 0 Å². The molecule has 0 atom stereocenters. The topological polar surface area (TPSA) is 16.1 Å². The first-order valence-corrected chi connectivity index (χ1v) is 17.3. The first-order chi connectivity index (χ1) is 23.3. The lowest BCUT2D eigenvalue weighted by molar-refractivity contribution is 1.29. The number of aromatic nitrogens is 1. The molecule has 0 aliphatic carbocycles. The number of thiazole rings is 1. The molecule has 9 rings (SSSR count). The van der Waals surface area contributed by atoms with Crippen LogP contribution in [0.4, 0.5) is 17.1 Å². The second kappa shape index (κ2) is 11.7. The van der Waals surface area contributed by atoms with Gasteiger partial charge in [0.25, 0.3) is 0 Å². The van der Waals surface area contributed by atoms with E-state index in [9.17, 15) is 0 Å². The zero-order chi connectivity index (χ0) is 31.2. The van der Waals surface area contributed by atoms with Crippen molar-refractivity contribution in [2.45, 2.75) is 0 Å². The highest BCUT2D eigenvalue weighted by molar-refractivity contribution is 7.26. The maximum absolute atomic E-state index is 5.06. The summed E-state index contributed by atoms with van der Waals surface area (Å²) in [4.78, 5) is 7.46. The Morgan fingerprint density at radius 1 is 0.404 bits per heavy atom. The van der Waals surface area contributed by atoms with Gasteiger partial charge in [-0.15, -0.1) is 22.7 Å². The second-order valence-electron chi connectivity index (χ2n) is 11.6. The molecule has 0 aliphatic heterocycles. The molecule has 2 heterocycles. The zero-order valence-electron chi connectivity index (χ0n) is 25.4. The van der Waals surface area contributed by atoms with Crippen molar-refractivity contribution in [3.05, 3.63) is 170 Å². The molecule has 47 heavy (non-hydrogen) atoms. The van der Waals surface area contributed by atoms with E-state index in [0.717, 1.165) is 33.1 Å². The summed E-state index contributed by atoms with van der Waals surface area (Å²) in [5.41, 5.74) is 10.4. The average Bonchev–Trinajstić information content (AvgIpc) is 3.73. The lowest BCUT2D eigenvalue weighted by atomic mass is 10.0. The van der Waals surface area contributed by atoms with E-state index in [1.165, 1.54) is 47.1 Å². The van der Waals surface area contributed by atoms with E-state index in [0.29, 0.717) is 0 Å². The minimum atomic E-state index is 1.05. The predicted octanol–water partition coefficient (Wildman–Crippen LogP) is 13.1. The third kappa shape index (κ3) is 5.08. The highest BCUT2D eigenvalue weighted by Gasteiger charge is 2.19. The van der Waals surface area contributed by atoms with Gasteiger partial charge in [-0.05, 0) is 65.2 Å². The molecule has 0 radical (unpaired) electrons. The molecular formula is C43H28N2S2. The summed E-state index contributed by atoms with van der Waals surface area (Å²) in [6, 6.07) is 60.9. The van der Waals surface area contributed by atoms with Crippen molar-refractivity contribution in [1.29, 1.82) is 0 Å². The van der Waals surface area contributed by atoms with Crippen molar-refractivity contribution in [2.75, 3.05) is 4.90 Å². The lowest BCUT2D eigenvalue weighted by Gasteiger charge is -2.28. The van der Waals surface area contributed by atoms with Crippen LogP contribution < -0.4 is 4.90 Å². The van der Waals surface area contributed by atoms with Crippen LogP contribution in [0.25, 0.3) is 63.2 Å². The molecule has 0 spiro atoms. The van der Waals surface area contributed by atoms with Crippen LogP contribution in [0.5, 0.6) is 0 Å². The summed E-state index contributed by atoms with van der Waals surface area (Å²) >= 11 is 3.62. The maximum Gasteiger partial charge on any atom is 0.124 e. The van der Waals surface area contributed by atoms with E-state index in [-0.39, 0.29) is 0 Å². The van der Waals surface area contributed by atoms with Crippen LogP contribution in [0.3, 0.4) is 0 Å². The molecule has 0 saturated carbocycles. The number of nitrogens with zero attached hydrogens (tertiary/aromatic N) is 2. The Kier molecular flexibility index (Phi) is 6.89. The number of hydrogen-bond donors (Lipinski definition) is 0. The molecule has 222 valence electrons. The zero-order valence-corrected chi connectivity index (χ0v) is 27.0. The van der Waals surface area contributed by atoms with Gasteiger partial charge < -0.3 is 4.90 Å². The van der Waals surface area contributed by atoms with Crippen LogP contribution in [-0.2, 0) is 0 Å². The molecule has 0 aliphatic rings. The molecule has 0 fully saturated rings. The summed E-state index contributed by atoms with van der Waals surface area (Å²) in [7, 11) is 0. The van der Waals surface area contributed by atoms with Crippen molar-refractivity contribution >= 4 is 70.1 Å². The van der Waals surface area contributed by atoms with Crippen LogP contribution in [-0.4, -0.2) is 4.98 Å². The van der Waals surface area contributed by atoms with Gasteiger partial charge in [-0.25, -0.2) is 4.98 Å². The molecule has 4 heteroatoms. The Labute approximate surface area is 281 Å². The highest BCUT2D eigenvalue weighted by atomic mass is 32.1. The normalized spacial score (nSPS) is 11.4. The van der Waals surface area contributed by atoms with Gasteiger partial charge >= 0.3 is 0 Å². The SMILES string of the molecule is c1ccc(-c2ccc(N(c3ccc4sc5cc6sc(-c7ccccc7)nc6cc5c4c3)c3ccccc3-c3ccccc3)cc2)cc1. The Hall–Kier alpha value is -5.55. The van der Waals surface area contributed by atoms with Gasteiger partial charge in [0.2, 0.25) is 0 Å². The first-order valence-electron chi connectivity index (χ1n) is 15.7. The summed E-state index contributed by atoms with van der Waals surface area (Å²) in [6.07, 6.45) is 0. The van der Waals surface area contributed by atoms with E-state index in [1.807, 2.05) is 11.3 Å². The summed E-state index contributed by atoms with van der Waals surface area (Å²) < 4.78 is 3.79.